The van der Waals surface area contributed by atoms with Crippen LogP contribution in [-0.4, -0.2) is 39.6 Å². The van der Waals surface area contributed by atoms with Gasteiger partial charge in [0, 0.05) is 43.7 Å². The van der Waals surface area contributed by atoms with Gasteiger partial charge in [-0.25, -0.2) is 0 Å². The smallest absolute Gasteiger partial charge is 0.226 e. The SMILES string of the molecule is C=CC[C@H]1C(=O)N(CCC(C)=O)[C@@H](CCCC)C[C@@H]1C(C)(C)[N+](=O)[O-]. The first-order valence-corrected chi connectivity index (χ1v) is 9.22. The van der Waals surface area contributed by atoms with E-state index in [1.165, 1.54) is 6.92 Å². The van der Waals surface area contributed by atoms with E-state index in [2.05, 4.69) is 13.5 Å². The second-order valence-electron chi connectivity index (χ2n) is 7.66. The number of Topliss-reactive ketones (excluding diaryl/α,β-unsaturated/α-hetero) is 1. The molecule has 1 fully saturated rings. The zero-order valence-electron chi connectivity index (χ0n) is 16.0. The van der Waals surface area contributed by atoms with E-state index in [0.29, 0.717) is 25.8 Å². The fourth-order valence-electron chi connectivity index (χ4n) is 3.79. The van der Waals surface area contributed by atoms with Crippen molar-refractivity contribution in [1.29, 1.82) is 0 Å². The topological polar surface area (TPSA) is 80.5 Å². The van der Waals surface area contributed by atoms with Crippen molar-refractivity contribution in [2.75, 3.05) is 6.54 Å². The summed E-state index contributed by atoms with van der Waals surface area (Å²) in [6, 6.07) is -0.0305. The van der Waals surface area contributed by atoms with Gasteiger partial charge in [0.2, 0.25) is 11.4 Å². The standard InChI is InChI=1S/C19H32N2O4/c1-6-8-10-15-13-17(19(4,5)21(24)25)16(9-7-2)18(23)20(15)12-11-14(3)22/h7,15-17H,2,6,8-13H2,1,3-5H3/t15-,16+,17-/m0/s1. The lowest BCUT2D eigenvalue weighted by molar-refractivity contribution is -0.574. The second kappa shape index (κ2) is 9.11. The van der Waals surface area contributed by atoms with Crippen LogP contribution in [0.4, 0.5) is 0 Å². The van der Waals surface area contributed by atoms with E-state index >= 15 is 0 Å². The highest BCUT2D eigenvalue weighted by atomic mass is 16.6. The lowest BCUT2D eigenvalue weighted by Crippen LogP contribution is -2.58. The molecule has 6 heteroatoms. The first kappa shape index (κ1) is 21.3. The molecule has 0 aromatic rings. The predicted molar refractivity (Wildman–Crippen MR) is 97.8 cm³/mol. The van der Waals surface area contributed by atoms with E-state index in [1.54, 1.807) is 24.8 Å². The average Bonchev–Trinajstić information content (AvgIpc) is 2.53. The van der Waals surface area contributed by atoms with Crippen molar-refractivity contribution in [2.24, 2.45) is 11.8 Å². The Morgan fingerprint density at radius 3 is 2.60 bits per heavy atom. The van der Waals surface area contributed by atoms with E-state index < -0.39 is 11.5 Å². The summed E-state index contributed by atoms with van der Waals surface area (Å²) in [5, 5.41) is 11.6. The number of ketones is 1. The Morgan fingerprint density at radius 2 is 2.12 bits per heavy atom. The second-order valence-corrected chi connectivity index (χ2v) is 7.66. The quantitative estimate of drug-likeness (QED) is 0.342. The Labute approximate surface area is 150 Å². The number of carbonyl (C=O) groups excluding carboxylic acids is 2. The molecule has 0 radical (unpaired) electrons. The summed E-state index contributed by atoms with van der Waals surface area (Å²) in [4.78, 5) is 37.7. The largest absolute Gasteiger partial charge is 0.339 e. The molecule has 0 aromatic carbocycles. The van der Waals surface area contributed by atoms with Gasteiger partial charge in [0.05, 0.1) is 5.92 Å². The number of carbonyl (C=O) groups is 2. The number of unbranched alkanes of at least 4 members (excludes halogenated alkanes) is 1. The van der Waals surface area contributed by atoms with Crippen molar-refractivity contribution >= 4 is 11.7 Å². The van der Waals surface area contributed by atoms with Crippen molar-refractivity contribution in [3.8, 4) is 0 Å². The van der Waals surface area contributed by atoms with E-state index in [1.807, 2.05) is 0 Å². The molecule has 1 heterocycles. The molecule has 0 saturated carbocycles. The first-order valence-electron chi connectivity index (χ1n) is 9.22. The van der Waals surface area contributed by atoms with Crippen LogP contribution >= 0.6 is 0 Å². The molecule has 1 saturated heterocycles. The lowest BCUT2D eigenvalue weighted by Gasteiger charge is -2.46. The zero-order valence-corrected chi connectivity index (χ0v) is 16.0. The summed E-state index contributed by atoms with van der Waals surface area (Å²) in [7, 11) is 0. The van der Waals surface area contributed by atoms with Gasteiger partial charge >= 0.3 is 0 Å². The van der Waals surface area contributed by atoms with Crippen molar-refractivity contribution < 1.29 is 14.5 Å². The molecule has 0 spiro atoms. The number of nitro groups is 1. The Morgan fingerprint density at radius 1 is 1.48 bits per heavy atom. The summed E-state index contributed by atoms with van der Waals surface area (Å²) in [5.74, 6) is -0.783. The van der Waals surface area contributed by atoms with Crippen LogP contribution in [0.3, 0.4) is 0 Å². The minimum absolute atomic E-state index is 0.0305. The number of nitrogens with zero attached hydrogens (tertiary/aromatic N) is 2. The summed E-state index contributed by atoms with van der Waals surface area (Å²) in [5.41, 5.74) is -1.17. The Hall–Kier alpha value is -1.72. The highest BCUT2D eigenvalue weighted by Gasteiger charge is 2.52. The number of hydrogen-bond donors (Lipinski definition) is 0. The maximum absolute atomic E-state index is 13.1. The monoisotopic (exact) mass is 352 g/mol. The molecular weight excluding hydrogens is 320 g/mol. The van der Waals surface area contributed by atoms with E-state index in [4.69, 9.17) is 0 Å². The van der Waals surface area contributed by atoms with E-state index in [0.717, 1.165) is 19.3 Å². The van der Waals surface area contributed by atoms with Crippen LogP contribution in [0.1, 0.15) is 66.2 Å². The molecule has 0 aliphatic carbocycles. The number of likely N-dealkylation sites (tertiary alicyclic amines) is 1. The molecule has 3 atom stereocenters. The molecular formula is C19H32N2O4. The Balaban J connectivity index is 3.16. The van der Waals surface area contributed by atoms with Crippen LogP contribution in [0.25, 0.3) is 0 Å². The minimum Gasteiger partial charge on any atom is -0.339 e. The molecule has 0 unspecified atom stereocenters. The Bertz CT molecular complexity index is 516. The van der Waals surface area contributed by atoms with Crippen molar-refractivity contribution in [2.45, 2.75) is 77.8 Å². The van der Waals surface area contributed by atoms with Crippen LogP contribution in [0.15, 0.2) is 12.7 Å². The van der Waals surface area contributed by atoms with Gasteiger partial charge < -0.3 is 4.90 Å². The Kier molecular flexibility index (Phi) is 7.77. The van der Waals surface area contributed by atoms with Gasteiger partial charge in [0.25, 0.3) is 0 Å². The molecule has 6 nitrogen and oxygen atoms in total. The van der Waals surface area contributed by atoms with E-state index in [9.17, 15) is 19.7 Å². The normalized spacial score (nSPS) is 24.2. The van der Waals surface area contributed by atoms with Crippen molar-refractivity contribution in [3.63, 3.8) is 0 Å². The first-order chi connectivity index (χ1) is 11.7. The van der Waals surface area contributed by atoms with Crippen molar-refractivity contribution in [3.05, 3.63) is 22.8 Å². The fourth-order valence-corrected chi connectivity index (χ4v) is 3.79. The van der Waals surface area contributed by atoms with Gasteiger partial charge in [0.1, 0.15) is 5.78 Å². The molecule has 1 aliphatic rings. The number of rotatable bonds is 10. The zero-order chi connectivity index (χ0) is 19.2. The molecule has 0 bridgehead atoms. The summed E-state index contributed by atoms with van der Waals surface area (Å²) in [6.45, 7) is 11.0. The molecule has 1 rings (SSSR count). The van der Waals surface area contributed by atoms with Gasteiger partial charge in [-0.05, 0) is 26.2 Å². The summed E-state index contributed by atoms with van der Waals surface area (Å²) in [6.07, 6.45) is 5.83. The fraction of sp³-hybridized carbons (Fsp3) is 0.789. The summed E-state index contributed by atoms with van der Waals surface area (Å²) >= 11 is 0. The third-order valence-corrected chi connectivity index (χ3v) is 5.45. The van der Waals surface area contributed by atoms with Crippen LogP contribution < -0.4 is 0 Å². The predicted octanol–water partition coefficient (Wildman–Crippen LogP) is 3.62. The third kappa shape index (κ3) is 5.13. The highest BCUT2D eigenvalue weighted by Crippen LogP contribution is 2.41. The van der Waals surface area contributed by atoms with Gasteiger partial charge in [0.15, 0.2) is 0 Å². The van der Waals surface area contributed by atoms with Crippen LogP contribution in [-0.2, 0) is 9.59 Å². The van der Waals surface area contributed by atoms with Crippen LogP contribution in [0.5, 0.6) is 0 Å². The molecule has 0 aromatic heterocycles. The van der Waals surface area contributed by atoms with E-state index in [-0.39, 0.29) is 28.6 Å². The van der Waals surface area contributed by atoms with Gasteiger partial charge in [-0.3, -0.25) is 19.7 Å². The maximum atomic E-state index is 13.1. The molecule has 1 aliphatic heterocycles. The number of amides is 1. The third-order valence-electron chi connectivity index (χ3n) is 5.45. The molecule has 142 valence electrons. The van der Waals surface area contributed by atoms with Crippen molar-refractivity contribution in [1.82, 2.24) is 4.90 Å². The molecule has 25 heavy (non-hydrogen) atoms. The highest BCUT2D eigenvalue weighted by molar-refractivity contribution is 5.82. The molecule has 0 N–H and O–H groups in total. The summed E-state index contributed by atoms with van der Waals surface area (Å²) < 4.78 is 0. The maximum Gasteiger partial charge on any atom is 0.226 e. The molecule has 1 amide bonds. The number of hydrogen-bond acceptors (Lipinski definition) is 4. The number of allylic oxidation sites excluding steroid dienone is 1. The van der Waals surface area contributed by atoms with Gasteiger partial charge in [-0.15, -0.1) is 6.58 Å². The average molecular weight is 352 g/mol. The minimum atomic E-state index is -1.17. The van der Waals surface area contributed by atoms with Crippen LogP contribution in [0.2, 0.25) is 0 Å². The lowest BCUT2D eigenvalue weighted by atomic mass is 9.69. The van der Waals surface area contributed by atoms with Gasteiger partial charge in [-0.2, -0.15) is 0 Å². The van der Waals surface area contributed by atoms with Crippen LogP contribution in [0, 0.1) is 22.0 Å². The number of piperidine rings is 1. The van der Waals surface area contributed by atoms with Gasteiger partial charge in [-0.1, -0.05) is 25.8 Å².